The summed E-state index contributed by atoms with van der Waals surface area (Å²) >= 11 is 7.77. The smallest absolute Gasteiger partial charge is 0.220 e. The second-order valence-electron chi connectivity index (χ2n) is 4.30. The number of aryl methyl sites for hydroxylation is 1. The molecule has 100 valence electrons. The van der Waals surface area contributed by atoms with Gasteiger partial charge in [0.25, 0.3) is 0 Å². The van der Waals surface area contributed by atoms with E-state index in [2.05, 4.69) is 16.8 Å². The van der Waals surface area contributed by atoms with Crippen molar-refractivity contribution < 1.29 is 4.79 Å². The number of carbonyl (C=O) groups is 1. The Morgan fingerprint density at radius 1 is 1.21 bits per heavy atom. The molecule has 0 bridgehead atoms. The fourth-order valence-corrected chi connectivity index (χ4v) is 2.76. The first-order chi connectivity index (χ1) is 9.25. The Balaban J connectivity index is 1.69. The molecule has 1 heterocycles. The molecule has 0 aliphatic rings. The normalized spacial score (nSPS) is 10.4. The van der Waals surface area contributed by atoms with Gasteiger partial charge in [0.2, 0.25) is 5.91 Å². The summed E-state index contributed by atoms with van der Waals surface area (Å²) in [6.45, 7) is 0.498. The lowest BCUT2D eigenvalue weighted by Crippen LogP contribution is -2.22. The van der Waals surface area contributed by atoms with Crippen LogP contribution in [0.5, 0.6) is 0 Å². The van der Waals surface area contributed by atoms with Gasteiger partial charge in [-0.1, -0.05) is 35.9 Å². The summed E-state index contributed by atoms with van der Waals surface area (Å²) in [5.74, 6) is 0.0801. The quantitative estimate of drug-likeness (QED) is 0.855. The molecule has 0 aliphatic carbocycles. The van der Waals surface area contributed by atoms with Gasteiger partial charge in [0.1, 0.15) is 0 Å². The van der Waals surface area contributed by atoms with Crippen LogP contribution in [-0.2, 0) is 17.8 Å². The van der Waals surface area contributed by atoms with Crippen LogP contribution in [0.15, 0.2) is 41.8 Å². The highest BCUT2D eigenvalue weighted by Crippen LogP contribution is 2.15. The van der Waals surface area contributed by atoms with E-state index in [0.717, 1.165) is 18.4 Å². The summed E-state index contributed by atoms with van der Waals surface area (Å²) in [4.78, 5) is 13.0. The molecule has 0 saturated carbocycles. The van der Waals surface area contributed by atoms with Gasteiger partial charge in [-0.15, -0.1) is 11.3 Å². The number of amides is 1. The molecule has 1 amide bonds. The van der Waals surface area contributed by atoms with Crippen LogP contribution in [0, 0.1) is 0 Å². The molecule has 0 spiro atoms. The Labute approximate surface area is 122 Å². The van der Waals surface area contributed by atoms with Gasteiger partial charge in [0.05, 0.1) is 0 Å². The first kappa shape index (κ1) is 14.1. The zero-order valence-electron chi connectivity index (χ0n) is 10.6. The number of rotatable bonds is 6. The lowest BCUT2D eigenvalue weighted by atomic mass is 10.2. The fraction of sp³-hybridized carbons (Fsp3) is 0.267. The van der Waals surface area contributed by atoms with Crippen molar-refractivity contribution in [1.82, 2.24) is 5.32 Å². The molecule has 1 N–H and O–H groups in total. The van der Waals surface area contributed by atoms with Crippen molar-refractivity contribution in [2.45, 2.75) is 25.8 Å². The monoisotopic (exact) mass is 293 g/mol. The third-order valence-electron chi connectivity index (χ3n) is 2.84. The second kappa shape index (κ2) is 7.31. The number of thiophene rings is 1. The topological polar surface area (TPSA) is 29.1 Å². The van der Waals surface area contributed by atoms with Crippen molar-refractivity contribution in [2.75, 3.05) is 0 Å². The van der Waals surface area contributed by atoms with Crippen LogP contribution in [0.3, 0.4) is 0 Å². The number of nitrogens with one attached hydrogen (secondary N) is 1. The predicted octanol–water partition coefficient (Wildman–Crippen LogP) is 4.04. The lowest BCUT2D eigenvalue weighted by Gasteiger charge is -2.06. The first-order valence-electron chi connectivity index (χ1n) is 6.28. The van der Waals surface area contributed by atoms with E-state index >= 15 is 0 Å². The Hall–Kier alpha value is -1.32. The SMILES string of the molecule is O=C(CCCc1cccs1)NCc1ccccc1Cl. The molecule has 4 heteroatoms. The molecule has 2 rings (SSSR count). The van der Waals surface area contributed by atoms with Crippen LogP contribution in [0.25, 0.3) is 0 Å². The maximum absolute atomic E-state index is 11.7. The molecule has 1 aromatic heterocycles. The van der Waals surface area contributed by atoms with Gasteiger partial charge < -0.3 is 5.32 Å². The maximum Gasteiger partial charge on any atom is 0.220 e. The number of hydrogen-bond donors (Lipinski definition) is 1. The van der Waals surface area contributed by atoms with Gasteiger partial charge in [-0.25, -0.2) is 0 Å². The van der Waals surface area contributed by atoms with E-state index in [1.165, 1.54) is 4.88 Å². The van der Waals surface area contributed by atoms with E-state index in [0.29, 0.717) is 18.0 Å². The number of benzene rings is 1. The number of hydrogen-bond acceptors (Lipinski definition) is 2. The van der Waals surface area contributed by atoms with E-state index in [1.54, 1.807) is 11.3 Å². The van der Waals surface area contributed by atoms with Crippen molar-refractivity contribution in [3.63, 3.8) is 0 Å². The highest BCUT2D eigenvalue weighted by Gasteiger charge is 2.04. The Morgan fingerprint density at radius 2 is 2.05 bits per heavy atom. The standard InChI is InChI=1S/C15H16ClNOS/c16-14-8-2-1-5-12(14)11-17-15(18)9-3-6-13-7-4-10-19-13/h1-2,4-5,7-8,10H,3,6,9,11H2,(H,17,18). The van der Waals surface area contributed by atoms with Gasteiger partial charge in [-0.3, -0.25) is 4.79 Å². The van der Waals surface area contributed by atoms with Gasteiger partial charge in [-0.05, 0) is 35.9 Å². The molecule has 0 unspecified atom stereocenters. The highest BCUT2D eigenvalue weighted by atomic mass is 35.5. The van der Waals surface area contributed by atoms with Crippen LogP contribution >= 0.6 is 22.9 Å². The molecule has 0 fully saturated rings. The van der Waals surface area contributed by atoms with Crippen LogP contribution in [0.4, 0.5) is 0 Å². The summed E-state index contributed by atoms with van der Waals surface area (Å²) < 4.78 is 0. The van der Waals surface area contributed by atoms with E-state index in [4.69, 9.17) is 11.6 Å². The van der Waals surface area contributed by atoms with Gasteiger partial charge in [-0.2, -0.15) is 0 Å². The van der Waals surface area contributed by atoms with Crippen molar-refractivity contribution in [2.24, 2.45) is 0 Å². The molecule has 0 radical (unpaired) electrons. The minimum Gasteiger partial charge on any atom is -0.352 e. The second-order valence-corrected chi connectivity index (χ2v) is 5.74. The van der Waals surface area contributed by atoms with Gasteiger partial charge in [0, 0.05) is 22.9 Å². The zero-order valence-corrected chi connectivity index (χ0v) is 12.1. The average molecular weight is 294 g/mol. The van der Waals surface area contributed by atoms with Crippen molar-refractivity contribution in [3.8, 4) is 0 Å². The summed E-state index contributed by atoms with van der Waals surface area (Å²) in [5, 5.41) is 5.66. The summed E-state index contributed by atoms with van der Waals surface area (Å²) in [6, 6.07) is 11.7. The maximum atomic E-state index is 11.7. The molecule has 0 atom stereocenters. The van der Waals surface area contributed by atoms with Gasteiger partial charge >= 0.3 is 0 Å². The Morgan fingerprint density at radius 3 is 2.79 bits per heavy atom. The predicted molar refractivity (Wildman–Crippen MR) is 80.6 cm³/mol. The van der Waals surface area contributed by atoms with E-state index in [9.17, 15) is 4.79 Å². The largest absolute Gasteiger partial charge is 0.352 e. The summed E-state index contributed by atoms with van der Waals surface area (Å²) in [5.41, 5.74) is 0.954. The molecular formula is C15H16ClNOS. The van der Waals surface area contributed by atoms with Crippen LogP contribution in [0.2, 0.25) is 5.02 Å². The Kier molecular flexibility index (Phi) is 5.43. The third-order valence-corrected chi connectivity index (χ3v) is 4.15. The minimum absolute atomic E-state index is 0.0801. The number of carbonyl (C=O) groups excluding carboxylic acids is 1. The molecular weight excluding hydrogens is 278 g/mol. The summed E-state index contributed by atoms with van der Waals surface area (Å²) in [6.07, 6.45) is 2.41. The summed E-state index contributed by atoms with van der Waals surface area (Å²) in [7, 11) is 0. The van der Waals surface area contributed by atoms with Crippen LogP contribution < -0.4 is 5.32 Å². The van der Waals surface area contributed by atoms with Crippen LogP contribution in [-0.4, -0.2) is 5.91 Å². The average Bonchev–Trinajstić information content (AvgIpc) is 2.91. The van der Waals surface area contributed by atoms with E-state index < -0.39 is 0 Å². The number of halogens is 1. The van der Waals surface area contributed by atoms with Gasteiger partial charge in [0.15, 0.2) is 0 Å². The molecule has 2 nitrogen and oxygen atoms in total. The zero-order chi connectivity index (χ0) is 13.5. The molecule has 0 aliphatic heterocycles. The third kappa shape index (κ3) is 4.69. The highest BCUT2D eigenvalue weighted by molar-refractivity contribution is 7.09. The van der Waals surface area contributed by atoms with E-state index in [1.807, 2.05) is 30.3 Å². The fourth-order valence-electron chi connectivity index (χ4n) is 1.80. The van der Waals surface area contributed by atoms with Crippen LogP contribution in [0.1, 0.15) is 23.3 Å². The molecule has 2 aromatic rings. The molecule has 1 aromatic carbocycles. The van der Waals surface area contributed by atoms with Crippen molar-refractivity contribution >= 4 is 28.8 Å². The van der Waals surface area contributed by atoms with Crippen molar-refractivity contribution in [3.05, 3.63) is 57.2 Å². The lowest BCUT2D eigenvalue weighted by molar-refractivity contribution is -0.121. The Bertz CT molecular complexity index is 525. The first-order valence-corrected chi connectivity index (χ1v) is 7.54. The van der Waals surface area contributed by atoms with Crippen molar-refractivity contribution in [1.29, 1.82) is 0 Å². The molecule has 19 heavy (non-hydrogen) atoms. The molecule has 0 saturated heterocycles. The minimum atomic E-state index is 0.0801. The van der Waals surface area contributed by atoms with E-state index in [-0.39, 0.29) is 5.91 Å².